The first-order chi connectivity index (χ1) is 8.78. The monoisotopic (exact) mass is 246 g/mol. The third-order valence-corrected chi connectivity index (χ3v) is 3.19. The van der Waals surface area contributed by atoms with E-state index in [0.717, 1.165) is 36.0 Å². The average Bonchev–Trinajstić information content (AvgIpc) is 3.04. The smallest absolute Gasteiger partial charge is 0.226 e. The molecule has 2 heterocycles. The SMILES string of the molecule is CCNc1nc(N(C)CC2CC2)c2[nH]cnc2n1. The van der Waals surface area contributed by atoms with Crippen LogP contribution in [0.5, 0.6) is 0 Å². The molecule has 2 N–H and O–H groups in total. The maximum Gasteiger partial charge on any atom is 0.226 e. The van der Waals surface area contributed by atoms with Crippen LogP contribution in [0.2, 0.25) is 0 Å². The van der Waals surface area contributed by atoms with Gasteiger partial charge in [-0.1, -0.05) is 0 Å². The van der Waals surface area contributed by atoms with E-state index in [-0.39, 0.29) is 0 Å². The first-order valence-corrected chi connectivity index (χ1v) is 6.44. The van der Waals surface area contributed by atoms with E-state index in [0.29, 0.717) is 5.95 Å². The minimum absolute atomic E-state index is 0.648. The van der Waals surface area contributed by atoms with E-state index in [4.69, 9.17) is 0 Å². The Morgan fingerprint density at radius 1 is 1.44 bits per heavy atom. The lowest BCUT2D eigenvalue weighted by molar-refractivity contribution is 0.778. The van der Waals surface area contributed by atoms with Gasteiger partial charge in [-0.05, 0) is 25.7 Å². The molecule has 1 fully saturated rings. The Kier molecular flexibility index (Phi) is 2.77. The number of H-pyrrole nitrogens is 1. The fourth-order valence-electron chi connectivity index (χ4n) is 2.11. The first-order valence-electron chi connectivity index (χ1n) is 6.44. The lowest BCUT2D eigenvalue weighted by Crippen LogP contribution is -2.22. The summed E-state index contributed by atoms with van der Waals surface area (Å²) in [5, 5.41) is 3.15. The van der Waals surface area contributed by atoms with Crippen molar-refractivity contribution in [3.8, 4) is 0 Å². The lowest BCUT2D eigenvalue weighted by atomic mass is 10.3. The summed E-state index contributed by atoms with van der Waals surface area (Å²) in [6.07, 6.45) is 4.34. The highest BCUT2D eigenvalue weighted by Gasteiger charge is 2.24. The fourth-order valence-corrected chi connectivity index (χ4v) is 2.11. The van der Waals surface area contributed by atoms with Crippen LogP contribution in [0.4, 0.5) is 11.8 Å². The van der Waals surface area contributed by atoms with Crippen LogP contribution in [-0.4, -0.2) is 40.1 Å². The molecule has 0 unspecified atom stereocenters. The molecule has 0 atom stereocenters. The van der Waals surface area contributed by atoms with E-state index in [2.05, 4.69) is 37.2 Å². The van der Waals surface area contributed by atoms with Crippen LogP contribution in [0, 0.1) is 5.92 Å². The standard InChI is InChI=1S/C12H18N6/c1-3-13-12-16-10-9(14-7-15-10)11(17-12)18(2)6-8-4-5-8/h7-8H,3-6H2,1-2H3,(H2,13,14,15,16,17). The van der Waals surface area contributed by atoms with E-state index in [1.807, 2.05) is 6.92 Å². The highest BCUT2D eigenvalue weighted by molar-refractivity contribution is 5.84. The minimum Gasteiger partial charge on any atom is -0.357 e. The van der Waals surface area contributed by atoms with E-state index in [9.17, 15) is 0 Å². The van der Waals surface area contributed by atoms with Gasteiger partial charge < -0.3 is 15.2 Å². The van der Waals surface area contributed by atoms with Crippen LogP contribution < -0.4 is 10.2 Å². The first kappa shape index (κ1) is 11.3. The van der Waals surface area contributed by atoms with Gasteiger partial charge in [0, 0.05) is 20.1 Å². The quantitative estimate of drug-likeness (QED) is 0.839. The zero-order valence-electron chi connectivity index (χ0n) is 10.8. The van der Waals surface area contributed by atoms with E-state index in [1.165, 1.54) is 12.8 Å². The van der Waals surface area contributed by atoms with E-state index < -0.39 is 0 Å². The highest BCUT2D eigenvalue weighted by Crippen LogP contribution is 2.31. The number of hydrogen-bond donors (Lipinski definition) is 2. The molecule has 0 amide bonds. The zero-order valence-corrected chi connectivity index (χ0v) is 10.8. The van der Waals surface area contributed by atoms with E-state index >= 15 is 0 Å². The molecule has 2 aromatic heterocycles. The number of nitrogens with zero attached hydrogens (tertiary/aromatic N) is 4. The summed E-state index contributed by atoms with van der Waals surface area (Å²) in [4.78, 5) is 18.5. The van der Waals surface area contributed by atoms with Crippen LogP contribution in [0.15, 0.2) is 6.33 Å². The van der Waals surface area contributed by atoms with Gasteiger partial charge >= 0.3 is 0 Å². The maximum atomic E-state index is 4.58. The molecule has 1 aliphatic rings. The number of aromatic amines is 1. The average molecular weight is 246 g/mol. The minimum atomic E-state index is 0.648. The maximum absolute atomic E-state index is 4.58. The van der Waals surface area contributed by atoms with E-state index in [1.54, 1.807) is 6.33 Å². The number of nitrogens with one attached hydrogen (secondary N) is 2. The summed E-state index contributed by atoms with van der Waals surface area (Å²) >= 11 is 0. The van der Waals surface area contributed by atoms with Gasteiger partial charge in [-0.15, -0.1) is 0 Å². The number of aromatic nitrogens is 4. The van der Waals surface area contributed by atoms with Crippen molar-refractivity contribution < 1.29 is 0 Å². The number of anilines is 2. The van der Waals surface area contributed by atoms with Crippen molar-refractivity contribution >= 4 is 22.9 Å². The Bertz CT molecular complexity index is 544. The van der Waals surface area contributed by atoms with Crippen LogP contribution in [0.25, 0.3) is 11.2 Å². The van der Waals surface area contributed by atoms with Gasteiger partial charge in [0.1, 0.15) is 5.52 Å². The second kappa shape index (κ2) is 4.44. The number of imidazole rings is 1. The molecule has 0 spiro atoms. The van der Waals surface area contributed by atoms with Gasteiger partial charge in [0.05, 0.1) is 6.33 Å². The Balaban J connectivity index is 1.97. The molecule has 0 aromatic carbocycles. The second-order valence-corrected chi connectivity index (χ2v) is 4.83. The number of fused-ring (bicyclic) bond motifs is 1. The molecule has 1 saturated carbocycles. The van der Waals surface area contributed by atoms with Crippen molar-refractivity contribution in [2.75, 3.05) is 30.4 Å². The molecule has 96 valence electrons. The summed E-state index contributed by atoms with van der Waals surface area (Å²) in [5.74, 6) is 2.40. The van der Waals surface area contributed by atoms with Gasteiger partial charge in [-0.2, -0.15) is 9.97 Å². The molecule has 18 heavy (non-hydrogen) atoms. The lowest BCUT2D eigenvalue weighted by Gasteiger charge is -2.18. The van der Waals surface area contributed by atoms with Gasteiger partial charge in [-0.25, -0.2) is 4.98 Å². The normalized spacial score (nSPS) is 15.0. The largest absolute Gasteiger partial charge is 0.357 e. The Morgan fingerprint density at radius 2 is 2.28 bits per heavy atom. The van der Waals surface area contributed by atoms with Gasteiger partial charge in [0.15, 0.2) is 11.5 Å². The molecule has 6 heteroatoms. The third kappa shape index (κ3) is 2.10. The molecule has 0 bridgehead atoms. The molecule has 3 rings (SSSR count). The predicted octanol–water partition coefficient (Wildman–Crippen LogP) is 1.63. The van der Waals surface area contributed by atoms with Crippen molar-refractivity contribution in [1.82, 2.24) is 19.9 Å². The van der Waals surface area contributed by atoms with Crippen molar-refractivity contribution in [3.05, 3.63) is 6.33 Å². The Labute approximate surface area is 106 Å². The number of hydrogen-bond acceptors (Lipinski definition) is 5. The van der Waals surface area contributed by atoms with Crippen molar-refractivity contribution in [2.24, 2.45) is 5.92 Å². The summed E-state index contributed by atoms with van der Waals surface area (Å²) in [7, 11) is 2.08. The van der Waals surface area contributed by atoms with Gasteiger partial charge in [-0.3, -0.25) is 0 Å². The molecule has 2 aromatic rings. The molecule has 6 nitrogen and oxygen atoms in total. The Morgan fingerprint density at radius 3 is 3.00 bits per heavy atom. The summed E-state index contributed by atoms with van der Waals surface area (Å²) < 4.78 is 0. The molecular weight excluding hydrogens is 228 g/mol. The number of rotatable bonds is 5. The van der Waals surface area contributed by atoms with Gasteiger partial charge in [0.2, 0.25) is 5.95 Å². The highest BCUT2D eigenvalue weighted by atomic mass is 15.2. The van der Waals surface area contributed by atoms with Gasteiger partial charge in [0.25, 0.3) is 0 Å². The molecule has 0 aliphatic heterocycles. The summed E-state index contributed by atoms with van der Waals surface area (Å²) in [6.45, 7) is 3.89. The van der Waals surface area contributed by atoms with Crippen molar-refractivity contribution in [2.45, 2.75) is 19.8 Å². The van der Waals surface area contributed by atoms with Crippen LogP contribution in [0.3, 0.4) is 0 Å². The van der Waals surface area contributed by atoms with Crippen LogP contribution in [0.1, 0.15) is 19.8 Å². The van der Waals surface area contributed by atoms with Crippen LogP contribution in [-0.2, 0) is 0 Å². The van der Waals surface area contributed by atoms with Crippen molar-refractivity contribution in [1.29, 1.82) is 0 Å². The van der Waals surface area contributed by atoms with Crippen LogP contribution >= 0.6 is 0 Å². The molecular formula is C12H18N6. The molecule has 0 radical (unpaired) electrons. The molecule has 0 saturated heterocycles. The Hall–Kier alpha value is -1.85. The predicted molar refractivity (Wildman–Crippen MR) is 71.8 cm³/mol. The second-order valence-electron chi connectivity index (χ2n) is 4.83. The van der Waals surface area contributed by atoms with Crippen molar-refractivity contribution in [3.63, 3.8) is 0 Å². The summed E-state index contributed by atoms with van der Waals surface area (Å²) in [6, 6.07) is 0. The fraction of sp³-hybridized carbons (Fsp3) is 0.583. The topological polar surface area (TPSA) is 69.7 Å². The third-order valence-electron chi connectivity index (χ3n) is 3.19. The molecule has 1 aliphatic carbocycles. The zero-order chi connectivity index (χ0) is 12.5. The summed E-state index contributed by atoms with van der Waals surface area (Å²) in [5.41, 5.74) is 1.64.